The van der Waals surface area contributed by atoms with Gasteiger partial charge in [0.2, 0.25) is 4.96 Å². The number of fused-ring (bicyclic) bond motifs is 1. The highest BCUT2D eigenvalue weighted by atomic mass is 35.5. The largest absolute Gasteiger partial charge is 0.457 e. The Morgan fingerprint density at radius 1 is 1.16 bits per heavy atom. The summed E-state index contributed by atoms with van der Waals surface area (Å²) in [6.45, 7) is 1.32. The molecule has 0 N–H and O–H groups in total. The van der Waals surface area contributed by atoms with Crippen molar-refractivity contribution in [2.75, 3.05) is 0 Å². The van der Waals surface area contributed by atoms with E-state index in [1.165, 1.54) is 22.8 Å². The van der Waals surface area contributed by atoms with E-state index in [2.05, 4.69) is 10.1 Å². The number of hydrogen-bond donors (Lipinski definition) is 0. The van der Waals surface area contributed by atoms with Gasteiger partial charge in [-0.1, -0.05) is 47.2 Å². The van der Waals surface area contributed by atoms with Crippen molar-refractivity contribution >= 4 is 39.9 Å². The molecule has 3 aromatic heterocycles. The number of thiazole rings is 1. The van der Waals surface area contributed by atoms with Gasteiger partial charge in [0.1, 0.15) is 21.8 Å². The molecule has 158 valence electrons. The average Bonchev–Trinajstić information content (AvgIpc) is 3.46. The lowest BCUT2D eigenvalue weighted by atomic mass is 10.2. The monoisotopic (exact) mass is 463 g/mol. The fraction of sp³-hybridized carbons (Fsp3) is 0.0435. The van der Waals surface area contributed by atoms with E-state index >= 15 is 0 Å². The predicted octanol–water partition coefficient (Wildman–Crippen LogP) is 4.20. The first-order valence-electron chi connectivity index (χ1n) is 9.53. The topological polar surface area (TPSA) is 86.7 Å². The molecule has 3 heterocycles. The van der Waals surface area contributed by atoms with Crippen LogP contribution in [0.25, 0.3) is 33.7 Å². The van der Waals surface area contributed by atoms with Crippen LogP contribution in [0, 0.1) is 0 Å². The zero-order chi connectivity index (χ0) is 22.2. The van der Waals surface area contributed by atoms with Gasteiger partial charge in [-0.25, -0.2) is 0 Å². The highest BCUT2D eigenvalue weighted by molar-refractivity contribution is 7.15. The molecule has 7 nitrogen and oxygen atoms in total. The predicted molar refractivity (Wildman–Crippen MR) is 122 cm³/mol. The van der Waals surface area contributed by atoms with Crippen molar-refractivity contribution in [1.82, 2.24) is 14.6 Å². The number of halogens is 1. The van der Waals surface area contributed by atoms with Crippen LogP contribution in [0.2, 0.25) is 5.02 Å². The van der Waals surface area contributed by atoms with Crippen LogP contribution in [0.3, 0.4) is 0 Å². The van der Waals surface area contributed by atoms with Gasteiger partial charge in [-0.3, -0.25) is 9.59 Å². The number of ether oxygens (including phenoxy) is 1. The summed E-state index contributed by atoms with van der Waals surface area (Å²) in [5.74, 6) is 1.37. The Bertz CT molecular complexity index is 1580. The van der Waals surface area contributed by atoms with Gasteiger partial charge in [-0.05, 0) is 36.4 Å². The molecule has 0 unspecified atom stereocenters. The lowest BCUT2D eigenvalue weighted by molar-refractivity contribution is -0.131. The molecular weight excluding hydrogens is 450 g/mol. The molecule has 32 heavy (non-hydrogen) atoms. The summed E-state index contributed by atoms with van der Waals surface area (Å²) in [5.41, 5.74) is 1.06. The van der Waals surface area contributed by atoms with Crippen molar-refractivity contribution < 1.29 is 13.9 Å². The van der Waals surface area contributed by atoms with Gasteiger partial charge in [0, 0.05) is 23.6 Å². The molecule has 0 amide bonds. The maximum absolute atomic E-state index is 12.9. The second kappa shape index (κ2) is 8.07. The number of furan rings is 1. The molecule has 0 aliphatic carbocycles. The Morgan fingerprint density at radius 3 is 2.78 bits per heavy atom. The van der Waals surface area contributed by atoms with E-state index < -0.39 is 5.97 Å². The summed E-state index contributed by atoms with van der Waals surface area (Å²) < 4.78 is 12.7. The molecule has 2 aromatic carbocycles. The van der Waals surface area contributed by atoms with Gasteiger partial charge in [0.25, 0.3) is 5.56 Å². The molecule has 0 saturated heterocycles. The minimum absolute atomic E-state index is 0.304. The quantitative estimate of drug-likeness (QED) is 0.293. The Labute approximate surface area is 190 Å². The van der Waals surface area contributed by atoms with E-state index in [9.17, 15) is 9.59 Å². The summed E-state index contributed by atoms with van der Waals surface area (Å²) in [6.07, 6.45) is 1.66. The molecule has 9 heteroatoms. The zero-order valence-corrected chi connectivity index (χ0v) is 18.2. The number of aromatic nitrogens is 3. The van der Waals surface area contributed by atoms with Gasteiger partial charge >= 0.3 is 5.97 Å². The SMILES string of the molecule is CC(=O)Oc1ccccc1-c1nc2s/c(=C\c3ccc(-c4cccc(Cl)c4)o3)c(=O)n2n1. The molecular formula is C23H14ClN3O4S. The minimum Gasteiger partial charge on any atom is -0.457 e. The summed E-state index contributed by atoms with van der Waals surface area (Å²) >= 11 is 7.24. The maximum atomic E-state index is 12.9. The van der Waals surface area contributed by atoms with Crippen molar-refractivity contribution in [3.8, 4) is 28.5 Å². The summed E-state index contributed by atoms with van der Waals surface area (Å²) in [4.78, 5) is 29.1. The van der Waals surface area contributed by atoms with Crippen LogP contribution in [0.4, 0.5) is 0 Å². The Morgan fingerprint density at radius 2 is 2.00 bits per heavy atom. The molecule has 0 saturated carbocycles. The lowest BCUT2D eigenvalue weighted by Crippen LogP contribution is -2.23. The fourth-order valence-corrected chi connectivity index (χ4v) is 4.28. The van der Waals surface area contributed by atoms with Crippen LogP contribution in [-0.2, 0) is 4.79 Å². The van der Waals surface area contributed by atoms with E-state index in [0.717, 1.165) is 5.56 Å². The highest BCUT2D eigenvalue weighted by Crippen LogP contribution is 2.28. The van der Waals surface area contributed by atoms with Crippen LogP contribution in [0.15, 0.2) is 69.9 Å². The third kappa shape index (κ3) is 3.81. The Hall–Kier alpha value is -3.75. The molecule has 5 rings (SSSR count). The van der Waals surface area contributed by atoms with Crippen molar-refractivity contribution in [3.63, 3.8) is 0 Å². The van der Waals surface area contributed by atoms with Gasteiger partial charge in [0.05, 0.1) is 5.56 Å². The standard InChI is InChI=1S/C23H14ClN3O4S/c1-13(28)30-19-8-3-2-7-17(19)21-25-23-27(26-21)22(29)20(32-23)12-16-9-10-18(31-16)14-5-4-6-15(24)11-14/h2-12H,1H3/b20-12-. The number of hydrogen-bond acceptors (Lipinski definition) is 7. The van der Waals surface area contributed by atoms with Gasteiger partial charge in [0.15, 0.2) is 5.82 Å². The second-order valence-corrected chi connectivity index (χ2v) is 8.29. The van der Waals surface area contributed by atoms with E-state index in [4.69, 9.17) is 20.8 Å². The first-order valence-corrected chi connectivity index (χ1v) is 10.7. The number of carbonyl (C=O) groups is 1. The maximum Gasteiger partial charge on any atom is 0.308 e. The third-order valence-electron chi connectivity index (χ3n) is 4.57. The molecule has 0 bridgehead atoms. The van der Waals surface area contributed by atoms with E-state index in [-0.39, 0.29) is 5.56 Å². The molecule has 0 spiro atoms. The minimum atomic E-state index is -0.449. The van der Waals surface area contributed by atoms with Gasteiger partial charge < -0.3 is 9.15 Å². The lowest BCUT2D eigenvalue weighted by Gasteiger charge is -2.04. The third-order valence-corrected chi connectivity index (χ3v) is 5.77. The van der Waals surface area contributed by atoms with Crippen molar-refractivity contribution in [2.24, 2.45) is 0 Å². The number of carbonyl (C=O) groups excluding carboxylic acids is 1. The molecule has 0 fully saturated rings. The number of para-hydroxylation sites is 1. The zero-order valence-electron chi connectivity index (χ0n) is 16.6. The van der Waals surface area contributed by atoms with Gasteiger partial charge in [-0.2, -0.15) is 9.50 Å². The number of benzene rings is 2. The number of nitrogens with zero attached hydrogens (tertiary/aromatic N) is 3. The first-order chi connectivity index (χ1) is 15.5. The fourth-order valence-electron chi connectivity index (χ4n) is 3.20. The Kier molecular flexibility index (Phi) is 5.08. The second-order valence-electron chi connectivity index (χ2n) is 6.85. The van der Waals surface area contributed by atoms with Gasteiger partial charge in [-0.15, -0.1) is 5.10 Å². The molecule has 0 aliphatic rings. The van der Waals surface area contributed by atoms with Crippen molar-refractivity contribution in [1.29, 1.82) is 0 Å². The van der Waals surface area contributed by atoms with Crippen molar-refractivity contribution in [3.05, 3.63) is 86.3 Å². The Balaban J connectivity index is 1.51. The molecule has 0 aliphatic heterocycles. The van der Waals surface area contributed by atoms with Crippen LogP contribution >= 0.6 is 22.9 Å². The molecule has 5 aromatic rings. The van der Waals surface area contributed by atoms with Crippen molar-refractivity contribution in [2.45, 2.75) is 6.92 Å². The first kappa shape index (κ1) is 20.2. The normalized spacial score (nSPS) is 11.9. The molecule has 0 radical (unpaired) electrons. The number of rotatable bonds is 4. The summed E-state index contributed by atoms with van der Waals surface area (Å²) in [7, 11) is 0. The smallest absolute Gasteiger partial charge is 0.308 e. The van der Waals surface area contributed by atoms with Crippen LogP contribution in [-0.4, -0.2) is 20.6 Å². The average molecular weight is 464 g/mol. The molecule has 0 atom stereocenters. The van der Waals surface area contributed by atoms with Crippen LogP contribution in [0.1, 0.15) is 12.7 Å². The van der Waals surface area contributed by atoms with E-state index in [1.54, 1.807) is 42.5 Å². The van der Waals surface area contributed by atoms with Crippen LogP contribution in [0.5, 0.6) is 5.75 Å². The summed E-state index contributed by atoms with van der Waals surface area (Å²) in [5, 5.41) is 4.94. The summed E-state index contributed by atoms with van der Waals surface area (Å²) in [6, 6.07) is 17.8. The number of esters is 1. The highest BCUT2D eigenvalue weighted by Gasteiger charge is 2.16. The van der Waals surface area contributed by atoms with E-state index in [0.29, 0.717) is 43.2 Å². The van der Waals surface area contributed by atoms with Crippen LogP contribution < -0.4 is 14.8 Å². The van der Waals surface area contributed by atoms with E-state index in [1.807, 2.05) is 24.3 Å².